The quantitative estimate of drug-likeness (QED) is 0.764. The van der Waals surface area contributed by atoms with Crippen molar-refractivity contribution in [3.05, 3.63) is 47.5 Å². The standard InChI is InChI=1S/C14H14O2/c1-9-6-7-10(2)14(16)13(9)11-4-3-5-12(15)8-11/h3-8,15-16H,1-2H3. The first-order valence-electron chi connectivity index (χ1n) is 5.18. The fourth-order valence-electron chi connectivity index (χ4n) is 1.82. The second kappa shape index (κ2) is 3.89. The van der Waals surface area contributed by atoms with Crippen LogP contribution in [0.25, 0.3) is 11.1 Å². The van der Waals surface area contributed by atoms with E-state index in [0.29, 0.717) is 0 Å². The number of aryl methyl sites for hydroxylation is 2. The lowest BCUT2D eigenvalue weighted by Gasteiger charge is -2.11. The van der Waals surface area contributed by atoms with Crippen molar-refractivity contribution in [3.63, 3.8) is 0 Å². The number of benzene rings is 2. The number of aromatic hydroxyl groups is 2. The average Bonchev–Trinajstić information content (AvgIpc) is 2.24. The SMILES string of the molecule is Cc1ccc(C)c(-c2cccc(O)c2)c1O. The highest BCUT2D eigenvalue weighted by Crippen LogP contribution is 2.35. The van der Waals surface area contributed by atoms with E-state index >= 15 is 0 Å². The van der Waals surface area contributed by atoms with Gasteiger partial charge in [0.1, 0.15) is 11.5 Å². The van der Waals surface area contributed by atoms with E-state index < -0.39 is 0 Å². The van der Waals surface area contributed by atoms with E-state index in [4.69, 9.17) is 0 Å². The molecule has 0 fully saturated rings. The van der Waals surface area contributed by atoms with Crippen LogP contribution in [0.2, 0.25) is 0 Å². The number of phenols is 2. The number of rotatable bonds is 1. The molecule has 0 aliphatic carbocycles. The molecular formula is C14H14O2. The zero-order valence-electron chi connectivity index (χ0n) is 9.36. The van der Waals surface area contributed by atoms with E-state index in [1.165, 1.54) is 0 Å². The molecule has 0 aromatic heterocycles. The molecule has 0 atom stereocenters. The van der Waals surface area contributed by atoms with Crippen LogP contribution in [-0.4, -0.2) is 10.2 Å². The lowest BCUT2D eigenvalue weighted by molar-refractivity contribution is 0.471. The van der Waals surface area contributed by atoms with Crippen LogP contribution in [0, 0.1) is 13.8 Å². The highest BCUT2D eigenvalue weighted by atomic mass is 16.3. The van der Waals surface area contributed by atoms with E-state index in [1.807, 2.05) is 32.0 Å². The molecule has 0 aliphatic rings. The van der Waals surface area contributed by atoms with Crippen molar-refractivity contribution in [2.24, 2.45) is 0 Å². The van der Waals surface area contributed by atoms with E-state index in [-0.39, 0.29) is 11.5 Å². The molecule has 2 nitrogen and oxygen atoms in total. The summed E-state index contributed by atoms with van der Waals surface area (Å²) in [5.74, 6) is 0.489. The predicted molar refractivity (Wildman–Crippen MR) is 64.7 cm³/mol. The lowest BCUT2D eigenvalue weighted by Crippen LogP contribution is -1.87. The van der Waals surface area contributed by atoms with Gasteiger partial charge in [-0.2, -0.15) is 0 Å². The molecule has 82 valence electrons. The molecule has 2 aromatic rings. The summed E-state index contributed by atoms with van der Waals surface area (Å²) in [4.78, 5) is 0. The Morgan fingerprint density at radius 1 is 0.875 bits per heavy atom. The van der Waals surface area contributed by atoms with E-state index in [0.717, 1.165) is 22.3 Å². The molecule has 2 heteroatoms. The molecule has 0 amide bonds. The third kappa shape index (κ3) is 1.74. The van der Waals surface area contributed by atoms with E-state index in [1.54, 1.807) is 18.2 Å². The second-order valence-electron chi connectivity index (χ2n) is 3.97. The third-order valence-electron chi connectivity index (χ3n) is 2.72. The summed E-state index contributed by atoms with van der Waals surface area (Å²) in [5.41, 5.74) is 3.45. The monoisotopic (exact) mass is 214 g/mol. The smallest absolute Gasteiger partial charge is 0.126 e. The molecule has 0 bridgehead atoms. The zero-order chi connectivity index (χ0) is 11.7. The fraction of sp³-hybridized carbons (Fsp3) is 0.143. The molecule has 2 rings (SSSR count). The van der Waals surface area contributed by atoms with E-state index in [2.05, 4.69) is 0 Å². The van der Waals surface area contributed by atoms with Gasteiger partial charge in [-0.25, -0.2) is 0 Å². The Morgan fingerprint density at radius 3 is 2.25 bits per heavy atom. The zero-order valence-corrected chi connectivity index (χ0v) is 9.36. The van der Waals surface area contributed by atoms with Crippen molar-refractivity contribution in [2.75, 3.05) is 0 Å². The molecular weight excluding hydrogens is 200 g/mol. The molecule has 0 spiro atoms. The largest absolute Gasteiger partial charge is 0.508 e. The third-order valence-corrected chi connectivity index (χ3v) is 2.72. The number of hydrogen-bond donors (Lipinski definition) is 2. The summed E-state index contributed by atoms with van der Waals surface area (Å²) in [7, 11) is 0. The highest BCUT2D eigenvalue weighted by Gasteiger charge is 2.10. The topological polar surface area (TPSA) is 40.5 Å². The van der Waals surface area contributed by atoms with Gasteiger partial charge in [0.2, 0.25) is 0 Å². The Balaban J connectivity index is 2.68. The Hall–Kier alpha value is -1.96. The first kappa shape index (κ1) is 10.6. The summed E-state index contributed by atoms with van der Waals surface area (Å²) in [5, 5.41) is 19.5. The van der Waals surface area contributed by atoms with Crippen LogP contribution in [0.4, 0.5) is 0 Å². The van der Waals surface area contributed by atoms with Crippen molar-refractivity contribution < 1.29 is 10.2 Å². The normalized spacial score (nSPS) is 10.4. The Labute approximate surface area is 94.8 Å². The van der Waals surface area contributed by atoms with Gasteiger partial charge >= 0.3 is 0 Å². The van der Waals surface area contributed by atoms with Gasteiger partial charge in [-0.3, -0.25) is 0 Å². The van der Waals surface area contributed by atoms with Crippen LogP contribution in [0.3, 0.4) is 0 Å². The molecule has 0 aliphatic heterocycles. The average molecular weight is 214 g/mol. The van der Waals surface area contributed by atoms with Crippen LogP contribution < -0.4 is 0 Å². The maximum absolute atomic E-state index is 10.0. The van der Waals surface area contributed by atoms with Gasteiger partial charge in [0.25, 0.3) is 0 Å². The van der Waals surface area contributed by atoms with Gasteiger partial charge in [-0.1, -0.05) is 24.3 Å². The number of hydrogen-bond acceptors (Lipinski definition) is 2. The van der Waals surface area contributed by atoms with Gasteiger partial charge in [-0.05, 0) is 42.7 Å². The molecule has 0 unspecified atom stereocenters. The Bertz CT molecular complexity index is 530. The van der Waals surface area contributed by atoms with Crippen molar-refractivity contribution in [3.8, 4) is 22.6 Å². The van der Waals surface area contributed by atoms with Gasteiger partial charge in [0, 0.05) is 5.56 Å². The van der Waals surface area contributed by atoms with Gasteiger partial charge in [0.05, 0.1) is 0 Å². The van der Waals surface area contributed by atoms with Crippen molar-refractivity contribution in [1.82, 2.24) is 0 Å². The second-order valence-corrected chi connectivity index (χ2v) is 3.97. The summed E-state index contributed by atoms with van der Waals surface area (Å²) >= 11 is 0. The summed E-state index contributed by atoms with van der Waals surface area (Å²) in [6, 6.07) is 10.8. The van der Waals surface area contributed by atoms with Crippen molar-refractivity contribution >= 4 is 0 Å². The van der Waals surface area contributed by atoms with Crippen molar-refractivity contribution in [2.45, 2.75) is 13.8 Å². The first-order chi connectivity index (χ1) is 7.59. The minimum atomic E-state index is 0.206. The molecule has 0 saturated heterocycles. The molecule has 16 heavy (non-hydrogen) atoms. The van der Waals surface area contributed by atoms with Crippen LogP contribution in [-0.2, 0) is 0 Å². The maximum atomic E-state index is 10.0. The summed E-state index contributed by atoms with van der Waals surface area (Å²) in [6.07, 6.45) is 0. The Kier molecular flexibility index (Phi) is 2.57. The maximum Gasteiger partial charge on any atom is 0.126 e. The Morgan fingerprint density at radius 2 is 1.56 bits per heavy atom. The van der Waals surface area contributed by atoms with Gasteiger partial charge in [-0.15, -0.1) is 0 Å². The fourth-order valence-corrected chi connectivity index (χ4v) is 1.82. The molecule has 0 saturated carbocycles. The summed E-state index contributed by atoms with van der Waals surface area (Å²) in [6.45, 7) is 3.81. The van der Waals surface area contributed by atoms with E-state index in [9.17, 15) is 10.2 Å². The molecule has 0 heterocycles. The van der Waals surface area contributed by atoms with Crippen LogP contribution >= 0.6 is 0 Å². The van der Waals surface area contributed by atoms with Gasteiger partial charge in [0.15, 0.2) is 0 Å². The summed E-state index contributed by atoms with van der Waals surface area (Å²) < 4.78 is 0. The van der Waals surface area contributed by atoms with Crippen LogP contribution in [0.1, 0.15) is 11.1 Å². The van der Waals surface area contributed by atoms with Crippen LogP contribution in [0.15, 0.2) is 36.4 Å². The highest BCUT2D eigenvalue weighted by molar-refractivity contribution is 5.75. The minimum absolute atomic E-state index is 0.206. The van der Waals surface area contributed by atoms with Gasteiger partial charge < -0.3 is 10.2 Å². The molecule has 2 aromatic carbocycles. The van der Waals surface area contributed by atoms with Crippen LogP contribution in [0.5, 0.6) is 11.5 Å². The first-order valence-corrected chi connectivity index (χ1v) is 5.18. The number of phenolic OH excluding ortho intramolecular Hbond substituents is 2. The minimum Gasteiger partial charge on any atom is -0.508 e. The predicted octanol–water partition coefficient (Wildman–Crippen LogP) is 3.38. The van der Waals surface area contributed by atoms with Crippen molar-refractivity contribution in [1.29, 1.82) is 0 Å². The molecule has 2 N–H and O–H groups in total. The lowest BCUT2D eigenvalue weighted by atomic mass is 9.97. The molecule has 0 radical (unpaired) electrons.